The Bertz CT molecular complexity index is 336. The van der Waals surface area contributed by atoms with E-state index >= 15 is 0 Å². The summed E-state index contributed by atoms with van der Waals surface area (Å²) >= 11 is 0. The van der Waals surface area contributed by atoms with Gasteiger partial charge in [0.15, 0.2) is 5.82 Å². The highest BCUT2D eigenvalue weighted by Gasteiger charge is 2.53. The van der Waals surface area contributed by atoms with Crippen LogP contribution < -0.4 is 5.32 Å². The molecule has 0 atom stereocenters. The Morgan fingerprint density at radius 3 is 2.12 bits per heavy atom. The molecule has 0 aliphatic carbocycles. The van der Waals surface area contributed by atoms with E-state index in [0.29, 0.717) is 5.70 Å². The second kappa shape index (κ2) is 3.71. The number of hydrogen-bond acceptors (Lipinski definition) is 6. The molecular formula is C10H20N4O2. The van der Waals surface area contributed by atoms with Gasteiger partial charge in [0.1, 0.15) is 11.4 Å². The van der Waals surface area contributed by atoms with Crippen LogP contribution in [-0.4, -0.2) is 40.5 Å². The first-order chi connectivity index (χ1) is 7.21. The van der Waals surface area contributed by atoms with Crippen LogP contribution in [0.15, 0.2) is 16.7 Å². The van der Waals surface area contributed by atoms with E-state index in [-0.39, 0.29) is 5.82 Å². The van der Waals surface area contributed by atoms with Gasteiger partial charge in [0.25, 0.3) is 0 Å². The molecular weight excluding hydrogens is 208 g/mol. The Balaban J connectivity index is 3.41. The number of nitrogens with one attached hydrogen (secondary N) is 1. The first-order valence-electron chi connectivity index (χ1n) is 5.20. The Morgan fingerprint density at radius 2 is 1.88 bits per heavy atom. The topological polar surface area (TPSA) is 68.2 Å². The highest BCUT2D eigenvalue weighted by Crippen LogP contribution is 2.43. The van der Waals surface area contributed by atoms with Crippen LogP contribution in [0.5, 0.6) is 0 Å². The van der Waals surface area contributed by atoms with Crippen LogP contribution in [0, 0.1) is 4.91 Å². The minimum atomic E-state index is -0.578. The highest BCUT2D eigenvalue weighted by molar-refractivity contribution is 5.27. The average Bonchev–Trinajstić information content (AvgIpc) is 2.32. The van der Waals surface area contributed by atoms with Crippen LogP contribution in [0.2, 0.25) is 0 Å². The van der Waals surface area contributed by atoms with E-state index in [0.717, 1.165) is 5.06 Å². The van der Waals surface area contributed by atoms with E-state index in [2.05, 4.69) is 10.5 Å². The van der Waals surface area contributed by atoms with Crippen molar-refractivity contribution in [2.75, 3.05) is 14.1 Å². The van der Waals surface area contributed by atoms with Crippen molar-refractivity contribution in [1.29, 1.82) is 0 Å². The minimum Gasteiger partial charge on any atom is -0.369 e. The summed E-state index contributed by atoms with van der Waals surface area (Å²) in [5.41, 5.74) is -0.562. The third-order valence-electron chi connectivity index (χ3n) is 3.52. The van der Waals surface area contributed by atoms with Crippen molar-refractivity contribution in [2.45, 2.75) is 38.9 Å². The van der Waals surface area contributed by atoms with Gasteiger partial charge >= 0.3 is 0 Å². The van der Waals surface area contributed by atoms with Crippen LogP contribution in [0.3, 0.4) is 0 Å². The zero-order valence-corrected chi connectivity index (χ0v) is 10.7. The Hall–Kier alpha value is -1.14. The molecule has 0 amide bonds. The number of rotatable bonds is 2. The van der Waals surface area contributed by atoms with Gasteiger partial charge < -0.3 is 5.32 Å². The molecule has 1 heterocycles. The normalized spacial score (nSPS) is 26.8. The van der Waals surface area contributed by atoms with Crippen molar-refractivity contribution >= 4 is 0 Å². The molecule has 0 radical (unpaired) electrons. The molecule has 6 heteroatoms. The number of nitroso groups, excluding NO2 is 1. The van der Waals surface area contributed by atoms with Gasteiger partial charge in [-0.2, -0.15) is 0 Å². The first-order valence-corrected chi connectivity index (χ1v) is 5.20. The van der Waals surface area contributed by atoms with E-state index < -0.39 is 11.2 Å². The summed E-state index contributed by atoms with van der Waals surface area (Å²) < 4.78 is 0. The summed E-state index contributed by atoms with van der Waals surface area (Å²) in [5.74, 6) is 0.157. The van der Waals surface area contributed by atoms with Gasteiger partial charge in [0, 0.05) is 7.05 Å². The van der Waals surface area contributed by atoms with E-state index in [1.807, 2.05) is 39.6 Å². The molecule has 0 unspecified atom stereocenters. The third-order valence-corrected chi connectivity index (χ3v) is 3.52. The molecule has 0 bridgehead atoms. The van der Waals surface area contributed by atoms with Crippen molar-refractivity contribution in [2.24, 2.45) is 5.18 Å². The minimum absolute atomic E-state index is 0.157. The third kappa shape index (κ3) is 1.49. The second-order valence-electron chi connectivity index (χ2n) is 4.96. The van der Waals surface area contributed by atoms with Crippen molar-refractivity contribution in [1.82, 2.24) is 15.3 Å². The summed E-state index contributed by atoms with van der Waals surface area (Å²) in [6, 6.07) is 0. The van der Waals surface area contributed by atoms with Gasteiger partial charge in [-0.3, -0.25) is 10.1 Å². The number of nitrogens with zero attached hydrogens (tertiary/aromatic N) is 3. The zero-order chi connectivity index (χ0) is 12.7. The molecule has 0 aromatic rings. The summed E-state index contributed by atoms with van der Waals surface area (Å²) in [6.45, 7) is 7.62. The van der Waals surface area contributed by atoms with Crippen LogP contribution >= 0.6 is 0 Å². The lowest BCUT2D eigenvalue weighted by atomic mass is 10.0. The molecule has 0 aromatic heterocycles. The van der Waals surface area contributed by atoms with Crippen molar-refractivity contribution in [3.8, 4) is 0 Å². The average molecular weight is 228 g/mol. The molecule has 0 spiro atoms. The maximum atomic E-state index is 10.7. The molecule has 0 aromatic carbocycles. The Morgan fingerprint density at radius 1 is 1.38 bits per heavy atom. The van der Waals surface area contributed by atoms with Crippen LogP contribution in [0.25, 0.3) is 0 Å². The molecule has 1 aliphatic heterocycles. The zero-order valence-electron chi connectivity index (χ0n) is 10.7. The molecule has 1 fully saturated rings. The van der Waals surface area contributed by atoms with Crippen LogP contribution in [0.1, 0.15) is 27.7 Å². The first kappa shape index (κ1) is 12.9. The second-order valence-corrected chi connectivity index (χ2v) is 4.96. The van der Waals surface area contributed by atoms with E-state index in [9.17, 15) is 10.1 Å². The monoisotopic (exact) mass is 228 g/mol. The number of hydrogen-bond donors (Lipinski definition) is 2. The molecule has 92 valence electrons. The molecule has 2 N–H and O–H groups in total. The van der Waals surface area contributed by atoms with Crippen molar-refractivity contribution in [3.05, 3.63) is 16.4 Å². The van der Waals surface area contributed by atoms with Gasteiger partial charge in [-0.15, -0.1) is 4.91 Å². The van der Waals surface area contributed by atoms with Gasteiger partial charge in [-0.25, -0.2) is 5.06 Å². The fourth-order valence-electron chi connectivity index (χ4n) is 2.12. The van der Waals surface area contributed by atoms with Gasteiger partial charge in [-0.05, 0) is 39.9 Å². The predicted octanol–water partition coefficient (Wildman–Crippen LogP) is 1.29. The van der Waals surface area contributed by atoms with E-state index in [1.165, 1.54) is 0 Å². The molecule has 1 aliphatic rings. The maximum absolute atomic E-state index is 10.7. The lowest BCUT2D eigenvalue weighted by Gasteiger charge is -2.35. The van der Waals surface area contributed by atoms with Gasteiger partial charge in [0.2, 0.25) is 0 Å². The van der Waals surface area contributed by atoms with Crippen LogP contribution in [0.4, 0.5) is 0 Å². The smallest absolute Gasteiger partial charge is 0.194 e. The highest BCUT2D eigenvalue weighted by atomic mass is 16.5. The fraction of sp³-hybridized carbons (Fsp3) is 0.800. The fourth-order valence-corrected chi connectivity index (χ4v) is 2.12. The molecule has 0 saturated carbocycles. The molecule has 1 saturated heterocycles. The Kier molecular flexibility index (Phi) is 3.00. The van der Waals surface area contributed by atoms with Crippen molar-refractivity contribution < 1.29 is 5.21 Å². The van der Waals surface area contributed by atoms with Crippen molar-refractivity contribution in [3.63, 3.8) is 0 Å². The molecule has 6 nitrogen and oxygen atoms in total. The molecule has 16 heavy (non-hydrogen) atoms. The molecule has 1 rings (SSSR count). The predicted molar refractivity (Wildman–Crippen MR) is 61.4 cm³/mol. The number of hydroxylamine groups is 2. The maximum Gasteiger partial charge on any atom is 0.194 e. The summed E-state index contributed by atoms with van der Waals surface area (Å²) in [4.78, 5) is 12.7. The van der Waals surface area contributed by atoms with Gasteiger partial charge in [0.05, 0.1) is 5.54 Å². The quantitative estimate of drug-likeness (QED) is 0.697. The largest absolute Gasteiger partial charge is 0.369 e. The standard InChI is InChI=1S/C10H20N4O2/c1-9(2)7(8(11-5)12-15)14(16)10(3,4)13(9)6/h11,16H,1-6H3/b8-7-. The van der Waals surface area contributed by atoms with E-state index in [4.69, 9.17) is 0 Å². The summed E-state index contributed by atoms with van der Waals surface area (Å²) in [7, 11) is 3.51. The lowest BCUT2D eigenvalue weighted by Crippen LogP contribution is -2.48. The van der Waals surface area contributed by atoms with Gasteiger partial charge in [-0.1, -0.05) is 0 Å². The van der Waals surface area contributed by atoms with Crippen LogP contribution in [-0.2, 0) is 0 Å². The summed E-state index contributed by atoms with van der Waals surface area (Å²) in [6.07, 6.45) is 0. The SMILES string of the molecule is CN/C(N=O)=C1/N(O)C(C)(C)N(C)C1(C)C. The lowest BCUT2D eigenvalue weighted by molar-refractivity contribution is -0.148. The Labute approximate surface area is 95.8 Å². The summed E-state index contributed by atoms with van der Waals surface area (Å²) in [5, 5.41) is 16.9. The number of likely N-dealkylation sites (N-methyl/N-ethyl adjacent to an activating group) is 1. The van der Waals surface area contributed by atoms with E-state index in [1.54, 1.807) is 7.05 Å².